The van der Waals surface area contributed by atoms with Crippen molar-refractivity contribution < 1.29 is 4.74 Å². The van der Waals surface area contributed by atoms with Crippen LogP contribution in [0.4, 0.5) is 0 Å². The number of thiophene rings is 1. The van der Waals surface area contributed by atoms with Crippen molar-refractivity contribution in [3.05, 3.63) is 21.9 Å². The minimum atomic E-state index is 0.523. The number of rotatable bonds is 7. The fourth-order valence-electron chi connectivity index (χ4n) is 2.33. The normalized spacial score (nSPS) is 16.8. The second kappa shape index (κ2) is 7.27. The standard InChI is InChI=1S/C15H25NOS/c1-12(2)9-16-10-14-7-8-15(18-14)11-17-13-5-3-4-6-13/h7-8,12-13,16H,3-6,9-11H2,1-2H3. The fraction of sp³-hybridized carbons (Fsp3) is 0.733. The van der Waals surface area contributed by atoms with Gasteiger partial charge in [-0.25, -0.2) is 0 Å². The van der Waals surface area contributed by atoms with Crippen molar-refractivity contribution in [2.24, 2.45) is 5.92 Å². The van der Waals surface area contributed by atoms with Gasteiger partial charge in [0.05, 0.1) is 12.7 Å². The lowest BCUT2D eigenvalue weighted by Crippen LogP contribution is -2.18. The van der Waals surface area contributed by atoms with Gasteiger partial charge in [-0.2, -0.15) is 0 Å². The van der Waals surface area contributed by atoms with E-state index < -0.39 is 0 Å². The molecule has 1 aliphatic rings. The van der Waals surface area contributed by atoms with Crippen LogP contribution < -0.4 is 5.32 Å². The predicted molar refractivity (Wildman–Crippen MR) is 77.9 cm³/mol. The summed E-state index contributed by atoms with van der Waals surface area (Å²) in [6.45, 7) is 7.36. The van der Waals surface area contributed by atoms with Gasteiger partial charge in [0.2, 0.25) is 0 Å². The molecule has 0 spiro atoms. The van der Waals surface area contributed by atoms with E-state index in [0.717, 1.165) is 25.6 Å². The van der Waals surface area contributed by atoms with Gasteiger partial charge in [-0.05, 0) is 37.4 Å². The van der Waals surface area contributed by atoms with Gasteiger partial charge in [-0.1, -0.05) is 26.7 Å². The van der Waals surface area contributed by atoms with E-state index in [2.05, 4.69) is 31.3 Å². The third kappa shape index (κ3) is 4.71. The molecule has 0 aliphatic heterocycles. The number of ether oxygens (including phenoxy) is 1. The van der Waals surface area contributed by atoms with Crippen molar-refractivity contribution >= 4 is 11.3 Å². The zero-order valence-corrected chi connectivity index (χ0v) is 12.4. The van der Waals surface area contributed by atoms with Crippen molar-refractivity contribution in [2.75, 3.05) is 6.54 Å². The maximum absolute atomic E-state index is 5.94. The summed E-state index contributed by atoms with van der Waals surface area (Å²) < 4.78 is 5.94. The first-order chi connectivity index (χ1) is 8.74. The smallest absolute Gasteiger partial charge is 0.0813 e. The van der Waals surface area contributed by atoms with E-state index in [1.54, 1.807) is 0 Å². The van der Waals surface area contributed by atoms with E-state index in [4.69, 9.17) is 4.74 Å². The summed E-state index contributed by atoms with van der Waals surface area (Å²) in [6, 6.07) is 4.44. The molecule has 102 valence electrons. The summed E-state index contributed by atoms with van der Waals surface area (Å²) >= 11 is 1.88. The Bertz CT molecular complexity index is 342. The molecule has 0 atom stereocenters. The Labute approximate surface area is 115 Å². The van der Waals surface area contributed by atoms with Crippen LogP contribution in [-0.4, -0.2) is 12.6 Å². The highest BCUT2D eigenvalue weighted by molar-refractivity contribution is 7.11. The zero-order chi connectivity index (χ0) is 12.8. The van der Waals surface area contributed by atoms with Crippen LogP contribution in [0.1, 0.15) is 49.3 Å². The van der Waals surface area contributed by atoms with Gasteiger partial charge >= 0.3 is 0 Å². The van der Waals surface area contributed by atoms with Gasteiger partial charge in [-0.15, -0.1) is 11.3 Å². The molecule has 0 saturated heterocycles. The highest BCUT2D eigenvalue weighted by atomic mass is 32.1. The summed E-state index contributed by atoms with van der Waals surface area (Å²) in [4.78, 5) is 2.78. The van der Waals surface area contributed by atoms with Crippen molar-refractivity contribution in [1.29, 1.82) is 0 Å². The number of nitrogens with one attached hydrogen (secondary N) is 1. The van der Waals surface area contributed by atoms with Gasteiger partial charge in [-0.3, -0.25) is 0 Å². The molecule has 0 amide bonds. The first-order valence-electron chi connectivity index (χ1n) is 7.14. The largest absolute Gasteiger partial charge is 0.373 e. The Balaban J connectivity index is 1.68. The SMILES string of the molecule is CC(C)CNCc1ccc(COC2CCCC2)s1. The molecule has 3 heteroatoms. The molecule has 1 aromatic heterocycles. The molecule has 2 nitrogen and oxygen atoms in total. The Kier molecular flexibility index (Phi) is 5.67. The molecular formula is C15H25NOS. The average molecular weight is 267 g/mol. The fourth-order valence-corrected chi connectivity index (χ4v) is 3.24. The van der Waals surface area contributed by atoms with Crippen molar-refractivity contribution in [2.45, 2.75) is 58.8 Å². The van der Waals surface area contributed by atoms with Crippen molar-refractivity contribution in [3.63, 3.8) is 0 Å². The van der Waals surface area contributed by atoms with Gasteiger partial charge < -0.3 is 10.1 Å². The van der Waals surface area contributed by atoms with Crippen LogP contribution in [0.15, 0.2) is 12.1 Å². The van der Waals surface area contributed by atoms with Gasteiger partial charge in [0.15, 0.2) is 0 Å². The first-order valence-corrected chi connectivity index (χ1v) is 7.95. The Morgan fingerprint density at radius 2 is 2.00 bits per heavy atom. The molecule has 0 bridgehead atoms. The zero-order valence-electron chi connectivity index (χ0n) is 11.6. The number of hydrogen-bond donors (Lipinski definition) is 1. The summed E-state index contributed by atoms with van der Waals surface area (Å²) in [6.07, 6.45) is 5.73. The summed E-state index contributed by atoms with van der Waals surface area (Å²) in [5.74, 6) is 0.718. The second-order valence-electron chi connectivity index (χ2n) is 5.61. The minimum Gasteiger partial charge on any atom is -0.373 e. The molecule has 1 heterocycles. The third-order valence-corrected chi connectivity index (χ3v) is 4.39. The van der Waals surface area contributed by atoms with Crippen LogP contribution in [0.2, 0.25) is 0 Å². The summed E-state index contributed by atoms with van der Waals surface area (Å²) in [5, 5.41) is 3.48. The van der Waals surface area contributed by atoms with E-state index in [1.165, 1.54) is 35.4 Å². The minimum absolute atomic E-state index is 0.523. The van der Waals surface area contributed by atoms with E-state index in [0.29, 0.717) is 6.10 Å². The molecule has 2 rings (SSSR count). The van der Waals surface area contributed by atoms with E-state index >= 15 is 0 Å². The molecule has 0 unspecified atom stereocenters. The maximum Gasteiger partial charge on any atom is 0.0813 e. The van der Waals surface area contributed by atoms with Crippen LogP contribution in [0.5, 0.6) is 0 Å². The topological polar surface area (TPSA) is 21.3 Å². The monoisotopic (exact) mass is 267 g/mol. The molecule has 1 aromatic rings. The molecule has 1 saturated carbocycles. The quantitative estimate of drug-likeness (QED) is 0.807. The molecule has 18 heavy (non-hydrogen) atoms. The lowest BCUT2D eigenvalue weighted by molar-refractivity contribution is 0.0473. The van der Waals surface area contributed by atoms with Crippen LogP contribution >= 0.6 is 11.3 Å². The summed E-state index contributed by atoms with van der Waals surface area (Å²) in [7, 11) is 0. The lowest BCUT2D eigenvalue weighted by atomic mass is 10.2. The summed E-state index contributed by atoms with van der Waals surface area (Å²) in [5.41, 5.74) is 0. The van der Waals surface area contributed by atoms with Crippen LogP contribution in [0, 0.1) is 5.92 Å². The van der Waals surface area contributed by atoms with Crippen LogP contribution in [0.3, 0.4) is 0 Å². The Morgan fingerprint density at radius 1 is 1.28 bits per heavy atom. The maximum atomic E-state index is 5.94. The Morgan fingerprint density at radius 3 is 2.72 bits per heavy atom. The third-order valence-electron chi connectivity index (χ3n) is 3.33. The van der Waals surface area contributed by atoms with Gasteiger partial charge in [0, 0.05) is 16.3 Å². The average Bonchev–Trinajstić information content (AvgIpc) is 2.96. The molecule has 1 aliphatic carbocycles. The molecule has 0 aromatic carbocycles. The van der Waals surface area contributed by atoms with E-state index in [9.17, 15) is 0 Å². The van der Waals surface area contributed by atoms with E-state index in [1.807, 2.05) is 11.3 Å². The van der Waals surface area contributed by atoms with Gasteiger partial charge in [0.25, 0.3) is 0 Å². The molecule has 1 N–H and O–H groups in total. The first kappa shape index (κ1) is 14.0. The highest BCUT2D eigenvalue weighted by Gasteiger charge is 2.15. The van der Waals surface area contributed by atoms with Gasteiger partial charge in [0.1, 0.15) is 0 Å². The second-order valence-corrected chi connectivity index (χ2v) is 6.86. The van der Waals surface area contributed by atoms with Crippen molar-refractivity contribution in [3.8, 4) is 0 Å². The van der Waals surface area contributed by atoms with Crippen molar-refractivity contribution in [1.82, 2.24) is 5.32 Å². The van der Waals surface area contributed by atoms with Crippen LogP contribution in [0.25, 0.3) is 0 Å². The predicted octanol–water partition coefficient (Wildman–Crippen LogP) is 3.95. The molecule has 1 fully saturated rings. The number of hydrogen-bond acceptors (Lipinski definition) is 3. The molecular weight excluding hydrogens is 242 g/mol. The van der Waals surface area contributed by atoms with E-state index in [-0.39, 0.29) is 0 Å². The lowest BCUT2D eigenvalue weighted by Gasteiger charge is -2.09. The molecule has 0 radical (unpaired) electrons. The van der Waals surface area contributed by atoms with Crippen LogP contribution in [-0.2, 0) is 17.9 Å². The highest BCUT2D eigenvalue weighted by Crippen LogP contribution is 2.24. The Hall–Kier alpha value is -0.380.